The molecular weight excluding hydrogens is 571 g/mol. The first-order valence-electron chi connectivity index (χ1n) is 12.7. The molecule has 0 radical (unpaired) electrons. The molecule has 40 heavy (non-hydrogen) atoms. The molecule has 5 rings (SSSR count). The van der Waals surface area contributed by atoms with Gasteiger partial charge in [-0.3, -0.25) is 9.36 Å². The van der Waals surface area contributed by atoms with Crippen molar-refractivity contribution in [2.75, 3.05) is 6.61 Å². The minimum absolute atomic E-state index is 0.294. The van der Waals surface area contributed by atoms with E-state index in [1.807, 2.05) is 37.3 Å². The van der Waals surface area contributed by atoms with Crippen molar-refractivity contribution in [3.63, 3.8) is 0 Å². The van der Waals surface area contributed by atoms with Gasteiger partial charge < -0.3 is 13.9 Å². The van der Waals surface area contributed by atoms with Crippen molar-refractivity contribution in [1.29, 1.82) is 0 Å². The quantitative estimate of drug-likeness (QED) is 0.239. The molecule has 0 aliphatic carbocycles. The second-order valence-corrected chi connectivity index (χ2v) is 11.2. The van der Waals surface area contributed by atoms with Crippen LogP contribution in [-0.2, 0) is 9.53 Å². The van der Waals surface area contributed by atoms with Gasteiger partial charge in [0.2, 0.25) is 0 Å². The first-order chi connectivity index (χ1) is 19.2. The van der Waals surface area contributed by atoms with Gasteiger partial charge in [-0.25, -0.2) is 9.79 Å². The maximum absolute atomic E-state index is 13.8. The largest absolute Gasteiger partial charge is 0.494 e. The summed E-state index contributed by atoms with van der Waals surface area (Å²) in [5, 5.41) is 0.870. The summed E-state index contributed by atoms with van der Waals surface area (Å²) < 4.78 is 19.1. The van der Waals surface area contributed by atoms with E-state index in [9.17, 15) is 9.59 Å². The predicted octanol–water partition coefficient (Wildman–Crippen LogP) is 6.15. The van der Waals surface area contributed by atoms with E-state index in [1.165, 1.54) is 11.3 Å². The summed E-state index contributed by atoms with van der Waals surface area (Å²) in [5.41, 5.74) is 2.02. The Bertz CT molecular complexity index is 1800. The molecule has 0 spiro atoms. The summed E-state index contributed by atoms with van der Waals surface area (Å²) >= 11 is 13.4. The summed E-state index contributed by atoms with van der Waals surface area (Å²) in [4.78, 5) is 32.2. The number of fused-ring (bicyclic) bond motifs is 1. The van der Waals surface area contributed by atoms with E-state index in [0.717, 1.165) is 11.1 Å². The number of furan rings is 1. The molecule has 2 aromatic heterocycles. The van der Waals surface area contributed by atoms with Crippen LogP contribution in [0.15, 0.2) is 80.1 Å². The lowest BCUT2D eigenvalue weighted by molar-refractivity contribution is -0.143. The maximum Gasteiger partial charge on any atom is 0.338 e. The van der Waals surface area contributed by atoms with Crippen molar-refractivity contribution in [3.8, 4) is 17.1 Å². The van der Waals surface area contributed by atoms with E-state index in [1.54, 1.807) is 55.7 Å². The molecule has 0 amide bonds. The Kier molecular flexibility index (Phi) is 8.03. The predicted molar refractivity (Wildman–Crippen MR) is 157 cm³/mol. The second kappa shape index (κ2) is 11.5. The summed E-state index contributed by atoms with van der Waals surface area (Å²) in [6, 6.07) is 15.4. The van der Waals surface area contributed by atoms with Crippen molar-refractivity contribution in [3.05, 3.63) is 107 Å². The highest BCUT2D eigenvalue weighted by Crippen LogP contribution is 2.32. The van der Waals surface area contributed by atoms with Gasteiger partial charge in [0.25, 0.3) is 5.56 Å². The van der Waals surface area contributed by atoms with Crippen molar-refractivity contribution in [1.82, 2.24) is 4.57 Å². The lowest BCUT2D eigenvalue weighted by atomic mass is 9.96. The molecule has 1 aliphatic rings. The molecule has 0 saturated heterocycles. The van der Waals surface area contributed by atoms with Gasteiger partial charge in [-0.15, -0.1) is 0 Å². The van der Waals surface area contributed by atoms with E-state index in [2.05, 4.69) is 4.99 Å². The number of rotatable bonds is 7. The third kappa shape index (κ3) is 5.52. The minimum Gasteiger partial charge on any atom is -0.494 e. The fraction of sp³-hybridized carbons (Fsp3) is 0.233. The zero-order chi connectivity index (χ0) is 28.6. The molecule has 206 valence electrons. The summed E-state index contributed by atoms with van der Waals surface area (Å²) in [5.74, 6) is 1.25. The van der Waals surface area contributed by atoms with Gasteiger partial charge in [-0.05, 0) is 75.7 Å². The minimum atomic E-state index is -0.719. The van der Waals surface area contributed by atoms with E-state index in [0.29, 0.717) is 54.5 Å². The Morgan fingerprint density at radius 3 is 2.55 bits per heavy atom. The highest BCUT2D eigenvalue weighted by Gasteiger charge is 2.33. The fourth-order valence-corrected chi connectivity index (χ4v) is 5.78. The normalized spacial score (nSPS) is 15.3. The number of ether oxygens (including phenoxy) is 2. The molecule has 2 aromatic carbocycles. The first-order valence-corrected chi connectivity index (χ1v) is 14.2. The summed E-state index contributed by atoms with van der Waals surface area (Å²) in [6.07, 6.45) is 1.34. The molecule has 3 heterocycles. The Morgan fingerprint density at radius 2 is 1.88 bits per heavy atom. The Balaban J connectivity index is 1.61. The van der Waals surface area contributed by atoms with Crippen molar-refractivity contribution in [2.45, 2.75) is 39.8 Å². The van der Waals surface area contributed by atoms with E-state index in [-0.39, 0.29) is 11.7 Å². The molecule has 0 saturated carbocycles. The standard InChI is InChI=1S/C30H26Cl2N2O5S/c1-5-37-20-9-6-18(7-10-20)27-26(29(36)38-16(2)3)17(4)33-30-34(27)28(35)25(40-30)15-21-11-13-24(39-21)19-8-12-22(31)23(32)14-19/h6-16,27H,5H2,1-4H3/b25-15+/t27-/m1/s1. The first kappa shape index (κ1) is 28.0. The Labute approximate surface area is 244 Å². The van der Waals surface area contributed by atoms with E-state index >= 15 is 0 Å². The van der Waals surface area contributed by atoms with Crippen LogP contribution in [-0.4, -0.2) is 23.2 Å². The molecule has 1 aliphatic heterocycles. The number of allylic oxidation sites excluding steroid dienone is 1. The SMILES string of the molecule is CCOc1ccc([C@@H]2C(C(=O)OC(C)C)=C(C)N=c3s/c(=C/c4ccc(-c5ccc(Cl)c(Cl)c5)o4)c(=O)n32)cc1. The van der Waals surface area contributed by atoms with E-state index in [4.69, 9.17) is 37.1 Å². The van der Waals surface area contributed by atoms with Crippen LogP contribution >= 0.6 is 34.5 Å². The van der Waals surface area contributed by atoms with Crippen LogP contribution in [0.1, 0.15) is 45.1 Å². The van der Waals surface area contributed by atoms with Crippen LogP contribution in [0.2, 0.25) is 10.0 Å². The fourth-order valence-electron chi connectivity index (χ4n) is 4.45. The Hall–Kier alpha value is -3.59. The molecule has 0 fully saturated rings. The van der Waals surface area contributed by atoms with Crippen LogP contribution in [0.5, 0.6) is 5.75 Å². The number of carbonyl (C=O) groups is 1. The van der Waals surface area contributed by atoms with Gasteiger partial charge in [0.1, 0.15) is 17.3 Å². The number of carbonyl (C=O) groups excluding carboxylic acids is 1. The summed E-state index contributed by atoms with van der Waals surface area (Å²) in [6.45, 7) is 7.75. The van der Waals surface area contributed by atoms with Crippen LogP contribution in [0.25, 0.3) is 17.4 Å². The third-order valence-electron chi connectivity index (χ3n) is 6.20. The molecule has 4 aromatic rings. The molecule has 0 unspecified atom stereocenters. The number of benzene rings is 2. The van der Waals surface area contributed by atoms with Gasteiger partial charge in [0.05, 0.1) is 44.6 Å². The highest BCUT2D eigenvalue weighted by molar-refractivity contribution is 7.07. The van der Waals surface area contributed by atoms with Crippen molar-refractivity contribution in [2.24, 2.45) is 4.99 Å². The van der Waals surface area contributed by atoms with E-state index < -0.39 is 12.0 Å². The highest BCUT2D eigenvalue weighted by atomic mass is 35.5. The monoisotopic (exact) mass is 596 g/mol. The zero-order valence-corrected chi connectivity index (χ0v) is 24.6. The third-order valence-corrected chi connectivity index (χ3v) is 7.92. The number of hydrogen-bond acceptors (Lipinski definition) is 7. The van der Waals surface area contributed by atoms with Gasteiger partial charge in [0.15, 0.2) is 4.80 Å². The van der Waals surface area contributed by atoms with Crippen molar-refractivity contribution >= 4 is 46.6 Å². The molecule has 1 atom stereocenters. The van der Waals surface area contributed by atoms with Crippen LogP contribution in [0.4, 0.5) is 0 Å². The number of halogens is 2. The topological polar surface area (TPSA) is 83.0 Å². The second-order valence-electron chi connectivity index (χ2n) is 9.37. The number of aromatic nitrogens is 1. The molecule has 10 heteroatoms. The smallest absolute Gasteiger partial charge is 0.338 e. The number of thiazole rings is 1. The number of esters is 1. The zero-order valence-electron chi connectivity index (χ0n) is 22.2. The molecule has 0 N–H and O–H groups in total. The van der Waals surface area contributed by atoms with Crippen LogP contribution in [0, 0.1) is 0 Å². The maximum atomic E-state index is 13.8. The van der Waals surface area contributed by atoms with Gasteiger partial charge >= 0.3 is 5.97 Å². The Morgan fingerprint density at radius 1 is 1.12 bits per heavy atom. The molecule has 7 nitrogen and oxygen atoms in total. The van der Waals surface area contributed by atoms with Gasteiger partial charge in [0, 0.05) is 11.6 Å². The number of nitrogens with zero attached hydrogens (tertiary/aromatic N) is 2. The molecule has 0 bridgehead atoms. The average molecular weight is 598 g/mol. The number of hydrogen-bond donors (Lipinski definition) is 0. The lowest BCUT2D eigenvalue weighted by Gasteiger charge is -2.25. The van der Waals surface area contributed by atoms with Gasteiger partial charge in [-0.1, -0.05) is 46.7 Å². The summed E-state index contributed by atoms with van der Waals surface area (Å²) in [7, 11) is 0. The van der Waals surface area contributed by atoms with Crippen LogP contribution in [0.3, 0.4) is 0 Å². The average Bonchev–Trinajstić information content (AvgIpc) is 3.49. The van der Waals surface area contributed by atoms with Crippen LogP contribution < -0.4 is 19.6 Å². The lowest BCUT2D eigenvalue weighted by Crippen LogP contribution is -2.40. The van der Waals surface area contributed by atoms with Crippen molar-refractivity contribution < 1.29 is 18.7 Å². The van der Waals surface area contributed by atoms with Gasteiger partial charge in [-0.2, -0.15) is 0 Å². The molecular formula is C30H26Cl2N2O5S.